The molecule has 2 aliphatic rings. The molecular formula is C18H20N2O5. The van der Waals surface area contributed by atoms with Crippen LogP contribution in [0, 0.1) is 13.8 Å². The number of carbonyl (C=O) groups is 1. The summed E-state index contributed by atoms with van der Waals surface area (Å²) in [6.07, 6.45) is 0.0363. The fourth-order valence-electron chi connectivity index (χ4n) is 3.60. The van der Waals surface area contributed by atoms with Crippen molar-refractivity contribution in [3.63, 3.8) is 0 Å². The van der Waals surface area contributed by atoms with Gasteiger partial charge in [-0.05, 0) is 38.0 Å². The number of β-amino-alcohol motifs (C(OH)–C–C–N with tert-alkyl or cyclic N) is 1. The maximum atomic E-state index is 12.7. The molecule has 132 valence electrons. The summed E-state index contributed by atoms with van der Waals surface area (Å²) in [5.74, 6) is 1.76. The Kier molecular flexibility index (Phi) is 3.88. The molecule has 2 aliphatic heterocycles. The fourth-order valence-corrected chi connectivity index (χ4v) is 3.60. The van der Waals surface area contributed by atoms with Gasteiger partial charge >= 0.3 is 0 Å². The summed E-state index contributed by atoms with van der Waals surface area (Å²) >= 11 is 0. The van der Waals surface area contributed by atoms with E-state index in [4.69, 9.17) is 14.0 Å². The van der Waals surface area contributed by atoms with Crippen LogP contribution < -0.4 is 9.47 Å². The van der Waals surface area contributed by atoms with E-state index in [1.807, 2.05) is 18.2 Å². The first-order valence-corrected chi connectivity index (χ1v) is 8.34. The van der Waals surface area contributed by atoms with E-state index in [0.29, 0.717) is 35.7 Å². The number of carbonyl (C=O) groups excluding carboxylic acids is 1. The first-order chi connectivity index (χ1) is 12.0. The zero-order valence-electron chi connectivity index (χ0n) is 14.2. The van der Waals surface area contributed by atoms with Gasteiger partial charge in [-0.15, -0.1) is 0 Å². The minimum absolute atomic E-state index is 0.0387. The number of ether oxygens (including phenoxy) is 2. The molecule has 0 radical (unpaired) electrons. The first kappa shape index (κ1) is 16.0. The standard InChI is InChI=1S/C18H20N2O5/c1-10-17(11(2)25-19-10)18(22)20-6-5-13(14(21)8-20)12-3-4-15-16(7-12)24-9-23-15/h3-4,7,13-14,21H,5-6,8-9H2,1-2H3/t13-,14+/m0/s1. The number of hydrogen-bond donors (Lipinski definition) is 1. The Balaban J connectivity index is 1.50. The smallest absolute Gasteiger partial charge is 0.259 e. The normalized spacial score (nSPS) is 22.3. The molecule has 1 fully saturated rings. The first-order valence-electron chi connectivity index (χ1n) is 8.34. The molecule has 4 rings (SSSR count). The maximum Gasteiger partial charge on any atom is 0.259 e. The lowest BCUT2D eigenvalue weighted by Gasteiger charge is -2.36. The summed E-state index contributed by atoms with van der Waals surface area (Å²) in [4.78, 5) is 14.4. The van der Waals surface area contributed by atoms with Crippen molar-refractivity contribution in [3.05, 3.63) is 40.8 Å². The molecule has 7 nitrogen and oxygen atoms in total. The van der Waals surface area contributed by atoms with E-state index in [1.54, 1.807) is 18.7 Å². The predicted octanol–water partition coefficient (Wildman–Crippen LogP) is 2.01. The second-order valence-electron chi connectivity index (χ2n) is 6.53. The largest absolute Gasteiger partial charge is 0.454 e. The molecule has 0 aliphatic carbocycles. The number of benzene rings is 1. The van der Waals surface area contributed by atoms with Gasteiger partial charge in [-0.1, -0.05) is 11.2 Å². The number of amides is 1. The van der Waals surface area contributed by atoms with Crippen LogP contribution in [0.5, 0.6) is 11.5 Å². The minimum Gasteiger partial charge on any atom is -0.454 e. The molecule has 1 aromatic heterocycles. The van der Waals surface area contributed by atoms with Crippen LogP contribution in [0.4, 0.5) is 0 Å². The second kappa shape index (κ2) is 6.07. The quantitative estimate of drug-likeness (QED) is 0.897. The van der Waals surface area contributed by atoms with Crippen molar-refractivity contribution < 1.29 is 23.9 Å². The molecule has 1 amide bonds. The summed E-state index contributed by atoms with van der Waals surface area (Å²) < 4.78 is 15.8. The molecule has 0 spiro atoms. The van der Waals surface area contributed by atoms with Gasteiger partial charge in [0.2, 0.25) is 6.79 Å². The van der Waals surface area contributed by atoms with Crippen LogP contribution in [0.25, 0.3) is 0 Å². The van der Waals surface area contributed by atoms with E-state index in [1.165, 1.54) is 0 Å². The van der Waals surface area contributed by atoms with E-state index in [0.717, 1.165) is 11.3 Å². The minimum atomic E-state index is -0.640. The topological polar surface area (TPSA) is 85.0 Å². The Bertz CT molecular complexity index is 796. The van der Waals surface area contributed by atoms with Gasteiger partial charge in [-0.2, -0.15) is 0 Å². The van der Waals surface area contributed by atoms with E-state index in [-0.39, 0.29) is 25.2 Å². The molecule has 1 N–H and O–H groups in total. The lowest BCUT2D eigenvalue weighted by Crippen LogP contribution is -2.46. The Morgan fingerprint density at radius 3 is 2.80 bits per heavy atom. The van der Waals surface area contributed by atoms with Crippen LogP contribution in [-0.2, 0) is 0 Å². The van der Waals surface area contributed by atoms with Crippen molar-refractivity contribution >= 4 is 5.91 Å². The van der Waals surface area contributed by atoms with Gasteiger partial charge in [0.1, 0.15) is 11.3 Å². The van der Waals surface area contributed by atoms with Crippen LogP contribution in [-0.4, -0.2) is 47.1 Å². The number of hydrogen-bond acceptors (Lipinski definition) is 6. The van der Waals surface area contributed by atoms with Gasteiger partial charge in [0.25, 0.3) is 5.91 Å². The molecular weight excluding hydrogens is 324 g/mol. The zero-order valence-corrected chi connectivity index (χ0v) is 14.2. The van der Waals surface area contributed by atoms with Gasteiger partial charge in [-0.25, -0.2) is 0 Å². The van der Waals surface area contributed by atoms with Crippen molar-refractivity contribution in [2.75, 3.05) is 19.9 Å². The van der Waals surface area contributed by atoms with Gasteiger partial charge in [0, 0.05) is 19.0 Å². The number of aromatic nitrogens is 1. The number of piperidine rings is 1. The van der Waals surface area contributed by atoms with E-state index in [9.17, 15) is 9.90 Å². The third kappa shape index (κ3) is 2.74. The summed E-state index contributed by atoms with van der Waals surface area (Å²) in [5, 5.41) is 14.5. The molecule has 2 atom stereocenters. The number of rotatable bonds is 2. The summed E-state index contributed by atoms with van der Waals surface area (Å²) in [7, 11) is 0. The number of aryl methyl sites for hydroxylation is 2. The highest BCUT2D eigenvalue weighted by Gasteiger charge is 2.34. The third-order valence-electron chi connectivity index (χ3n) is 4.94. The zero-order chi connectivity index (χ0) is 17.6. The summed E-state index contributed by atoms with van der Waals surface area (Å²) in [5.41, 5.74) is 2.07. The molecule has 0 bridgehead atoms. The SMILES string of the molecule is Cc1noc(C)c1C(=O)N1CC[C@@H](c2ccc3c(c2)OCO3)[C@H](O)C1. The Hall–Kier alpha value is -2.54. The molecule has 7 heteroatoms. The lowest BCUT2D eigenvalue weighted by molar-refractivity contribution is 0.0380. The van der Waals surface area contributed by atoms with Crippen molar-refractivity contribution in [3.8, 4) is 11.5 Å². The van der Waals surface area contributed by atoms with Crippen LogP contribution in [0.2, 0.25) is 0 Å². The molecule has 2 aromatic rings. The molecule has 3 heterocycles. The van der Waals surface area contributed by atoms with Crippen molar-refractivity contribution in [2.24, 2.45) is 0 Å². The molecule has 1 saturated heterocycles. The highest BCUT2D eigenvalue weighted by molar-refractivity contribution is 5.96. The molecule has 1 aromatic carbocycles. The van der Waals surface area contributed by atoms with E-state index >= 15 is 0 Å². The van der Waals surface area contributed by atoms with Gasteiger partial charge in [-0.3, -0.25) is 4.79 Å². The number of aliphatic hydroxyl groups is 1. The number of likely N-dealkylation sites (tertiary alicyclic amines) is 1. The lowest BCUT2D eigenvalue weighted by atomic mass is 9.86. The average Bonchev–Trinajstić information content (AvgIpc) is 3.20. The number of fused-ring (bicyclic) bond motifs is 1. The molecule has 0 saturated carbocycles. The summed E-state index contributed by atoms with van der Waals surface area (Å²) in [6, 6.07) is 5.74. The van der Waals surface area contributed by atoms with E-state index < -0.39 is 6.10 Å². The Labute approximate surface area is 145 Å². The fraction of sp³-hybridized carbons (Fsp3) is 0.444. The van der Waals surface area contributed by atoms with Crippen LogP contribution in [0.3, 0.4) is 0 Å². The van der Waals surface area contributed by atoms with Crippen molar-refractivity contribution in [1.29, 1.82) is 0 Å². The second-order valence-corrected chi connectivity index (χ2v) is 6.53. The Morgan fingerprint density at radius 1 is 1.28 bits per heavy atom. The van der Waals surface area contributed by atoms with Crippen LogP contribution in [0.1, 0.15) is 39.7 Å². The highest BCUT2D eigenvalue weighted by atomic mass is 16.7. The third-order valence-corrected chi connectivity index (χ3v) is 4.94. The van der Waals surface area contributed by atoms with Crippen molar-refractivity contribution in [1.82, 2.24) is 10.1 Å². The average molecular weight is 344 g/mol. The monoisotopic (exact) mass is 344 g/mol. The maximum absolute atomic E-state index is 12.7. The molecule has 25 heavy (non-hydrogen) atoms. The Morgan fingerprint density at radius 2 is 2.08 bits per heavy atom. The van der Waals surface area contributed by atoms with Crippen LogP contribution >= 0.6 is 0 Å². The predicted molar refractivity (Wildman–Crippen MR) is 87.8 cm³/mol. The number of aliphatic hydroxyl groups excluding tert-OH is 1. The van der Waals surface area contributed by atoms with Gasteiger partial charge < -0.3 is 24.0 Å². The number of nitrogens with zero attached hydrogens (tertiary/aromatic N) is 2. The highest BCUT2D eigenvalue weighted by Crippen LogP contribution is 2.37. The van der Waals surface area contributed by atoms with E-state index in [2.05, 4.69) is 5.16 Å². The summed E-state index contributed by atoms with van der Waals surface area (Å²) in [6.45, 7) is 4.55. The molecule has 0 unspecified atom stereocenters. The van der Waals surface area contributed by atoms with Crippen molar-refractivity contribution in [2.45, 2.75) is 32.3 Å². The van der Waals surface area contributed by atoms with Crippen LogP contribution in [0.15, 0.2) is 22.7 Å². The van der Waals surface area contributed by atoms with Gasteiger partial charge in [0.15, 0.2) is 11.5 Å². The van der Waals surface area contributed by atoms with Gasteiger partial charge in [0.05, 0.1) is 11.8 Å².